The third kappa shape index (κ3) is 4.95. The van der Waals surface area contributed by atoms with E-state index < -0.39 is 36.1 Å². The average molecular weight is 593 g/mol. The first-order valence-electron chi connectivity index (χ1n) is 14.1. The number of ether oxygens (including phenoxy) is 2. The second kappa shape index (κ2) is 11.1. The molecule has 8 nitrogen and oxygen atoms in total. The Morgan fingerprint density at radius 3 is 2.53 bits per heavy atom. The quantitative estimate of drug-likeness (QED) is 0.277. The number of amides is 1. The molecule has 1 aliphatic heterocycles. The molecule has 1 atom stereocenters. The van der Waals surface area contributed by atoms with Crippen LogP contribution in [-0.2, 0) is 11.0 Å². The van der Waals surface area contributed by atoms with Crippen molar-refractivity contribution in [2.45, 2.75) is 37.2 Å². The van der Waals surface area contributed by atoms with E-state index in [-0.39, 0.29) is 41.8 Å². The van der Waals surface area contributed by atoms with Crippen molar-refractivity contribution < 1.29 is 32.5 Å². The van der Waals surface area contributed by atoms with Crippen molar-refractivity contribution in [2.24, 2.45) is 5.92 Å². The monoisotopic (exact) mass is 592 g/mol. The number of aliphatic hydroxyl groups is 1. The first-order valence-corrected chi connectivity index (χ1v) is 14.1. The highest BCUT2D eigenvalue weighted by Gasteiger charge is 2.48. The molecule has 2 N–H and O–H groups in total. The Kier molecular flexibility index (Phi) is 7.45. The maximum absolute atomic E-state index is 14.4. The number of hydrogen-bond acceptors (Lipinski definition) is 7. The molecule has 1 aliphatic carbocycles. The van der Waals surface area contributed by atoms with Crippen LogP contribution in [0.4, 0.5) is 13.2 Å². The number of pyridine rings is 1. The highest BCUT2D eigenvalue weighted by molar-refractivity contribution is 5.99. The molecule has 43 heavy (non-hydrogen) atoms. The maximum atomic E-state index is 14.4. The van der Waals surface area contributed by atoms with Crippen LogP contribution in [0.3, 0.4) is 0 Å². The standard InChI is InChI=1S/C32H31F3N4O4/c1-18-10-20-11-21(12-25(42-2)27(20)39-38-18)30(40)36-16-32(41,22-4-3-5-22)26-13-24-29(43-17-31(24,14-33)15-34)28(37-26)19-6-8-23(35)9-7-19/h6-13,22,41H,3-5,14-17H2,1-2H3,(H,36,40)/t32-/m1/s1. The number of alkyl halides is 2. The summed E-state index contributed by atoms with van der Waals surface area (Å²) >= 11 is 0. The summed E-state index contributed by atoms with van der Waals surface area (Å²) in [4.78, 5) is 18.2. The number of nitrogens with one attached hydrogen (secondary N) is 1. The molecule has 1 fully saturated rings. The average Bonchev–Trinajstić information content (AvgIpc) is 3.37. The number of aryl methyl sites for hydroxylation is 1. The predicted octanol–water partition coefficient (Wildman–Crippen LogP) is 5.13. The molecule has 4 aromatic rings. The van der Waals surface area contributed by atoms with Crippen LogP contribution < -0.4 is 14.8 Å². The van der Waals surface area contributed by atoms with Gasteiger partial charge in [0.25, 0.3) is 5.91 Å². The fraction of sp³-hybridized carbons (Fsp3) is 0.375. The lowest BCUT2D eigenvalue weighted by atomic mass is 9.70. The Morgan fingerprint density at radius 1 is 1.14 bits per heavy atom. The van der Waals surface area contributed by atoms with E-state index in [1.165, 1.54) is 37.4 Å². The molecule has 0 saturated heterocycles. The van der Waals surface area contributed by atoms with Gasteiger partial charge in [0.15, 0.2) is 0 Å². The number of benzene rings is 2. The first kappa shape index (κ1) is 28.9. The van der Waals surface area contributed by atoms with Gasteiger partial charge >= 0.3 is 0 Å². The Morgan fingerprint density at radius 2 is 1.88 bits per heavy atom. The van der Waals surface area contributed by atoms with Gasteiger partial charge in [0, 0.05) is 22.1 Å². The molecule has 3 heterocycles. The third-order valence-electron chi connectivity index (χ3n) is 8.67. The molecular weight excluding hydrogens is 561 g/mol. The lowest BCUT2D eigenvalue weighted by Crippen LogP contribution is -2.49. The van der Waals surface area contributed by atoms with Gasteiger partial charge in [-0.2, -0.15) is 5.10 Å². The highest BCUT2D eigenvalue weighted by atomic mass is 19.1. The summed E-state index contributed by atoms with van der Waals surface area (Å²) in [5, 5.41) is 24.0. The summed E-state index contributed by atoms with van der Waals surface area (Å²) in [6.07, 6.45) is 2.22. The molecule has 2 aliphatic rings. The normalized spacial score (nSPS) is 17.1. The number of rotatable bonds is 9. The van der Waals surface area contributed by atoms with Gasteiger partial charge in [0.05, 0.1) is 30.5 Å². The number of hydrogen-bond donors (Lipinski definition) is 2. The number of fused-ring (bicyclic) bond motifs is 2. The summed E-state index contributed by atoms with van der Waals surface area (Å²) in [5.74, 6) is -0.608. The second-order valence-electron chi connectivity index (χ2n) is 11.4. The zero-order chi connectivity index (χ0) is 30.4. The smallest absolute Gasteiger partial charge is 0.251 e. The van der Waals surface area contributed by atoms with Crippen LogP contribution >= 0.6 is 0 Å². The molecule has 0 unspecified atom stereocenters. The van der Waals surface area contributed by atoms with E-state index in [1.54, 1.807) is 25.1 Å². The molecule has 0 bridgehead atoms. The largest absolute Gasteiger partial charge is 0.494 e. The minimum absolute atomic E-state index is 0.161. The van der Waals surface area contributed by atoms with E-state index in [0.29, 0.717) is 46.3 Å². The summed E-state index contributed by atoms with van der Waals surface area (Å²) < 4.78 is 53.8. The van der Waals surface area contributed by atoms with E-state index in [2.05, 4.69) is 15.5 Å². The van der Waals surface area contributed by atoms with Gasteiger partial charge in [0.1, 0.15) is 54.1 Å². The second-order valence-corrected chi connectivity index (χ2v) is 11.4. The molecular formula is C32H31F3N4O4. The Balaban J connectivity index is 1.40. The van der Waals surface area contributed by atoms with E-state index >= 15 is 0 Å². The lowest BCUT2D eigenvalue weighted by Gasteiger charge is -2.41. The van der Waals surface area contributed by atoms with Crippen molar-refractivity contribution in [1.29, 1.82) is 0 Å². The summed E-state index contributed by atoms with van der Waals surface area (Å²) in [6.45, 7) is -0.691. The first-order chi connectivity index (χ1) is 20.7. The SMILES string of the molecule is COc1cc(C(=O)NC[C@](O)(c2cc3c(c(-c4ccc(F)cc4)n2)OCC3(CF)CF)C2CCC2)cc2cc(C)nnc12. The molecule has 1 amide bonds. The zero-order valence-electron chi connectivity index (χ0n) is 23.8. The molecule has 224 valence electrons. The van der Waals surface area contributed by atoms with Crippen LogP contribution in [0.25, 0.3) is 22.2 Å². The molecule has 2 aromatic heterocycles. The number of aromatic nitrogens is 3. The Labute approximate surface area is 246 Å². The third-order valence-corrected chi connectivity index (χ3v) is 8.67. The van der Waals surface area contributed by atoms with Crippen molar-refractivity contribution in [3.05, 3.63) is 76.9 Å². The minimum atomic E-state index is -1.67. The van der Waals surface area contributed by atoms with Crippen molar-refractivity contribution >= 4 is 16.8 Å². The molecule has 1 saturated carbocycles. The van der Waals surface area contributed by atoms with Gasteiger partial charge in [-0.05, 0) is 74.2 Å². The van der Waals surface area contributed by atoms with E-state index in [9.17, 15) is 23.1 Å². The van der Waals surface area contributed by atoms with Gasteiger partial charge in [-0.1, -0.05) is 6.42 Å². The van der Waals surface area contributed by atoms with E-state index in [1.807, 2.05) is 0 Å². The molecule has 2 aromatic carbocycles. The van der Waals surface area contributed by atoms with Gasteiger partial charge in [0.2, 0.25) is 0 Å². The summed E-state index contributed by atoms with van der Waals surface area (Å²) in [5.41, 5.74) is -0.619. The predicted molar refractivity (Wildman–Crippen MR) is 153 cm³/mol. The topological polar surface area (TPSA) is 106 Å². The van der Waals surface area contributed by atoms with Crippen LogP contribution in [-0.4, -0.2) is 59.8 Å². The van der Waals surface area contributed by atoms with Crippen LogP contribution in [0.1, 0.15) is 46.6 Å². The number of nitrogens with zero attached hydrogens (tertiary/aromatic N) is 3. The fourth-order valence-corrected chi connectivity index (χ4v) is 5.81. The molecule has 0 spiro atoms. The lowest BCUT2D eigenvalue weighted by molar-refractivity contribution is -0.0567. The summed E-state index contributed by atoms with van der Waals surface area (Å²) in [6, 6.07) is 12.0. The molecule has 0 radical (unpaired) electrons. The number of carbonyl (C=O) groups is 1. The molecule has 6 rings (SSSR count). The van der Waals surface area contributed by atoms with Crippen molar-refractivity contribution in [3.8, 4) is 22.8 Å². The van der Waals surface area contributed by atoms with E-state index in [4.69, 9.17) is 14.5 Å². The van der Waals surface area contributed by atoms with Crippen LogP contribution in [0.5, 0.6) is 11.5 Å². The van der Waals surface area contributed by atoms with Crippen LogP contribution in [0.2, 0.25) is 0 Å². The van der Waals surface area contributed by atoms with E-state index in [0.717, 1.165) is 6.42 Å². The number of methoxy groups -OCH3 is 1. The molecule has 11 heteroatoms. The highest BCUT2D eigenvalue weighted by Crippen LogP contribution is 2.49. The van der Waals surface area contributed by atoms with Gasteiger partial charge in [-0.3, -0.25) is 4.79 Å². The van der Waals surface area contributed by atoms with Crippen LogP contribution in [0, 0.1) is 18.7 Å². The van der Waals surface area contributed by atoms with Crippen molar-refractivity contribution in [2.75, 3.05) is 33.6 Å². The van der Waals surface area contributed by atoms with Gasteiger partial charge in [-0.15, -0.1) is 5.10 Å². The Bertz CT molecular complexity index is 1690. The zero-order valence-corrected chi connectivity index (χ0v) is 23.8. The summed E-state index contributed by atoms with van der Waals surface area (Å²) in [7, 11) is 1.48. The van der Waals surface area contributed by atoms with Gasteiger partial charge < -0.3 is 19.9 Å². The number of carbonyl (C=O) groups excluding carboxylic acids is 1. The van der Waals surface area contributed by atoms with Crippen molar-refractivity contribution in [1.82, 2.24) is 20.5 Å². The van der Waals surface area contributed by atoms with Crippen molar-refractivity contribution in [3.63, 3.8) is 0 Å². The minimum Gasteiger partial charge on any atom is -0.494 e. The Hall–Kier alpha value is -4.25. The van der Waals surface area contributed by atoms with Gasteiger partial charge in [-0.25, -0.2) is 18.2 Å². The van der Waals surface area contributed by atoms with Crippen LogP contribution in [0.15, 0.2) is 48.5 Å². The fourth-order valence-electron chi connectivity index (χ4n) is 5.81. The maximum Gasteiger partial charge on any atom is 0.251 e. The number of halogens is 3.